The highest BCUT2D eigenvalue weighted by atomic mass is 32.1. The van der Waals surface area contributed by atoms with E-state index in [9.17, 15) is 0 Å². The molecule has 3 rings (SSSR count). The number of aryl methyl sites for hydroxylation is 1. The van der Waals surface area contributed by atoms with Gasteiger partial charge in [-0.1, -0.05) is 49.2 Å². The number of benzene rings is 1. The topological polar surface area (TPSA) is 42.5 Å². The van der Waals surface area contributed by atoms with Crippen LogP contribution < -0.4 is 4.80 Å². The van der Waals surface area contributed by atoms with Crippen molar-refractivity contribution in [1.29, 1.82) is 0 Å². The Balaban J connectivity index is 2.02. The molecule has 3 aromatic rings. The first-order valence-corrected chi connectivity index (χ1v) is 9.39. The molecule has 0 saturated heterocycles. The normalized spacial score (nSPS) is 12.2. The van der Waals surface area contributed by atoms with Crippen LogP contribution in [-0.2, 0) is 0 Å². The maximum absolute atomic E-state index is 4.72. The van der Waals surface area contributed by atoms with Gasteiger partial charge in [-0.2, -0.15) is 5.10 Å². The van der Waals surface area contributed by atoms with E-state index in [2.05, 4.69) is 53.6 Å². The Kier molecular flexibility index (Phi) is 5.90. The summed E-state index contributed by atoms with van der Waals surface area (Å²) >= 11 is 1.62. The van der Waals surface area contributed by atoms with Gasteiger partial charge in [-0.15, -0.1) is 11.3 Å². The first-order valence-electron chi connectivity index (χ1n) is 8.51. The second-order valence-electron chi connectivity index (χ2n) is 5.82. The van der Waals surface area contributed by atoms with Crippen molar-refractivity contribution in [1.82, 2.24) is 9.66 Å². The van der Waals surface area contributed by atoms with E-state index >= 15 is 0 Å². The molecule has 2 heterocycles. The summed E-state index contributed by atoms with van der Waals surface area (Å²) in [5, 5.41) is 6.78. The summed E-state index contributed by atoms with van der Waals surface area (Å²) < 4.78 is 1.92. The van der Waals surface area contributed by atoms with Crippen molar-refractivity contribution in [3.05, 3.63) is 70.1 Å². The van der Waals surface area contributed by atoms with Crippen molar-refractivity contribution >= 4 is 17.6 Å². The number of pyridine rings is 1. The van der Waals surface area contributed by atoms with Crippen molar-refractivity contribution in [2.45, 2.75) is 26.7 Å². The van der Waals surface area contributed by atoms with Crippen LogP contribution in [0.1, 0.15) is 31.0 Å². The van der Waals surface area contributed by atoms with Crippen molar-refractivity contribution in [3.8, 4) is 11.3 Å². The molecule has 25 heavy (non-hydrogen) atoms. The fourth-order valence-electron chi connectivity index (χ4n) is 2.34. The summed E-state index contributed by atoms with van der Waals surface area (Å²) in [6, 6.07) is 14.3. The molecule has 0 unspecified atom stereocenters. The highest BCUT2D eigenvalue weighted by Gasteiger charge is 2.07. The van der Waals surface area contributed by atoms with Crippen molar-refractivity contribution in [2.24, 2.45) is 10.1 Å². The van der Waals surface area contributed by atoms with E-state index in [-0.39, 0.29) is 0 Å². The third-order valence-electron chi connectivity index (χ3n) is 3.78. The molecule has 0 N–H and O–H groups in total. The van der Waals surface area contributed by atoms with Gasteiger partial charge in [-0.3, -0.25) is 9.98 Å². The van der Waals surface area contributed by atoms with Crippen LogP contribution in [0.5, 0.6) is 0 Å². The first-order chi connectivity index (χ1) is 12.3. The average Bonchev–Trinajstić information content (AvgIpc) is 3.04. The predicted octanol–water partition coefficient (Wildman–Crippen LogP) is 4.50. The van der Waals surface area contributed by atoms with Crippen LogP contribution in [0.15, 0.2) is 64.1 Å². The number of rotatable bonds is 6. The van der Waals surface area contributed by atoms with Gasteiger partial charge in [-0.05, 0) is 25.5 Å². The molecule has 0 radical (unpaired) electrons. The number of hydrogen-bond acceptors (Lipinski definition) is 4. The van der Waals surface area contributed by atoms with Gasteiger partial charge in [0.1, 0.15) is 0 Å². The monoisotopic (exact) mass is 350 g/mol. The summed E-state index contributed by atoms with van der Waals surface area (Å²) in [5.41, 5.74) is 4.26. The van der Waals surface area contributed by atoms with Crippen LogP contribution in [-0.4, -0.2) is 22.4 Å². The summed E-state index contributed by atoms with van der Waals surface area (Å²) in [5.74, 6) is 0. The van der Waals surface area contributed by atoms with E-state index in [1.54, 1.807) is 23.7 Å². The van der Waals surface area contributed by atoms with Crippen molar-refractivity contribution < 1.29 is 0 Å². The molecule has 2 aromatic heterocycles. The van der Waals surface area contributed by atoms with Gasteiger partial charge >= 0.3 is 0 Å². The molecule has 0 saturated carbocycles. The van der Waals surface area contributed by atoms with Gasteiger partial charge in [0.05, 0.1) is 17.6 Å². The van der Waals surface area contributed by atoms with Crippen LogP contribution in [0.4, 0.5) is 0 Å². The minimum absolute atomic E-state index is 0.823. The van der Waals surface area contributed by atoms with E-state index in [1.807, 2.05) is 22.9 Å². The van der Waals surface area contributed by atoms with E-state index in [4.69, 9.17) is 4.99 Å². The Morgan fingerprint density at radius 3 is 2.72 bits per heavy atom. The van der Waals surface area contributed by atoms with Gasteiger partial charge in [0.25, 0.3) is 0 Å². The van der Waals surface area contributed by atoms with Gasteiger partial charge < -0.3 is 0 Å². The van der Waals surface area contributed by atoms with Crippen LogP contribution in [0, 0.1) is 6.92 Å². The maximum atomic E-state index is 4.72. The Morgan fingerprint density at radius 2 is 2.00 bits per heavy atom. The van der Waals surface area contributed by atoms with Crippen LogP contribution >= 0.6 is 11.3 Å². The molecular weight excluding hydrogens is 328 g/mol. The molecule has 5 heteroatoms. The summed E-state index contributed by atoms with van der Waals surface area (Å²) in [7, 11) is 0. The summed E-state index contributed by atoms with van der Waals surface area (Å²) in [6.45, 7) is 5.09. The largest absolute Gasteiger partial charge is 0.257 e. The third kappa shape index (κ3) is 4.51. The number of nitrogens with zero attached hydrogens (tertiary/aromatic N) is 4. The predicted molar refractivity (Wildman–Crippen MR) is 105 cm³/mol. The quantitative estimate of drug-likeness (QED) is 0.477. The summed E-state index contributed by atoms with van der Waals surface area (Å²) in [6.07, 6.45) is 5.77. The van der Waals surface area contributed by atoms with E-state index < -0.39 is 0 Å². The molecule has 0 amide bonds. The molecule has 4 nitrogen and oxygen atoms in total. The zero-order valence-corrected chi connectivity index (χ0v) is 15.4. The summed E-state index contributed by atoms with van der Waals surface area (Å²) in [4.78, 5) is 9.94. The number of aromatic nitrogens is 2. The first kappa shape index (κ1) is 17.3. The molecule has 0 fully saturated rings. The lowest BCUT2D eigenvalue weighted by molar-refractivity contribution is 0.764. The molecule has 128 valence electrons. The highest BCUT2D eigenvalue weighted by Crippen LogP contribution is 2.20. The Hall–Kier alpha value is -2.53. The van der Waals surface area contributed by atoms with Gasteiger partial charge in [0.15, 0.2) is 0 Å². The molecule has 0 spiro atoms. The van der Waals surface area contributed by atoms with E-state index in [0.29, 0.717) is 0 Å². The van der Waals surface area contributed by atoms with Crippen LogP contribution in [0.25, 0.3) is 11.3 Å². The van der Waals surface area contributed by atoms with Gasteiger partial charge in [0.2, 0.25) is 4.80 Å². The zero-order valence-electron chi connectivity index (χ0n) is 14.6. The third-order valence-corrected chi connectivity index (χ3v) is 4.64. The lowest BCUT2D eigenvalue weighted by atomic mass is 10.1. The van der Waals surface area contributed by atoms with E-state index in [1.165, 1.54) is 5.56 Å². The Morgan fingerprint density at radius 1 is 1.16 bits per heavy atom. The van der Waals surface area contributed by atoms with Crippen LogP contribution in [0.2, 0.25) is 0 Å². The fourth-order valence-corrected chi connectivity index (χ4v) is 3.21. The minimum atomic E-state index is 0.823. The SMILES string of the molecule is CCCCN=c1scc(-c2ccc(C)cc2)n1N=Cc1ccccn1. The van der Waals surface area contributed by atoms with Gasteiger partial charge in [0, 0.05) is 23.7 Å². The number of thiazole rings is 1. The Labute approximate surface area is 152 Å². The van der Waals surface area contributed by atoms with Gasteiger partial charge in [-0.25, -0.2) is 4.68 Å². The lowest BCUT2D eigenvalue weighted by Crippen LogP contribution is -2.13. The van der Waals surface area contributed by atoms with E-state index in [0.717, 1.165) is 41.1 Å². The smallest absolute Gasteiger partial charge is 0.206 e. The number of unbranched alkanes of at least 4 members (excludes halogenated alkanes) is 1. The fraction of sp³-hybridized carbons (Fsp3) is 0.250. The minimum Gasteiger partial charge on any atom is -0.257 e. The number of hydrogen-bond donors (Lipinski definition) is 0. The molecule has 0 aliphatic rings. The highest BCUT2D eigenvalue weighted by molar-refractivity contribution is 7.07. The molecule has 1 aromatic carbocycles. The lowest BCUT2D eigenvalue weighted by Gasteiger charge is -2.04. The standard InChI is InChI=1S/C20H22N4S/c1-3-4-12-22-20-24(23-14-18-7-5-6-13-21-18)19(15-25-20)17-10-8-16(2)9-11-17/h5-11,13-15H,3-4,12H2,1-2H3. The maximum Gasteiger partial charge on any atom is 0.206 e. The van der Waals surface area contributed by atoms with Crippen molar-refractivity contribution in [3.63, 3.8) is 0 Å². The molecular formula is C20H22N4S. The van der Waals surface area contributed by atoms with Crippen LogP contribution in [0.3, 0.4) is 0 Å². The second-order valence-corrected chi connectivity index (χ2v) is 6.65. The Bertz CT molecular complexity index is 889. The molecule has 0 bridgehead atoms. The second kappa shape index (κ2) is 8.53. The molecule has 0 aliphatic carbocycles. The zero-order chi connectivity index (χ0) is 17.5. The van der Waals surface area contributed by atoms with Crippen molar-refractivity contribution in [2.75, 3.05) is 6.54 Å². The average molecular weight is 350 g/mol. The molecule has 0 aliphatic heterocycles. The molecule has 0 atom stereocenters.